The molecule has 2 aromatic rings. The first kappa shape index (κ1) is 14.9. The molecule has 0 unspecified atom stereocenters. The molecule has 106 valence electrons. The molecule has 2 aromatic carbocycles. The van der Waals surface area contributed by atoms with Crippen LogP contribution in [0.1, 0.15) is 11.1 Å². The van der Waals surface area contributed by atoms with Gasteiger partial charge in [-0.15, -0.1) is 0 Å². The molecule has 21 heavy (non-hydrogen) atoms. The number of nitriles is 1. The number of ether oxygens (including phenoxy) is 1. The van der Waals surface area contributed by atoms with Gasteiger partial charge in [0.2, 0.25) is 0 Å². The minimum atomic E-state index is -0.261. The lowest BCUT2D eigenvalue weighted by Crippen LogP contribution is -2.28. The standard InChI is InChI=1S/C16H13ClN2O2/c17-14-7-4-8-15(13(14)9-18)21-11-16(20)19-10-12-5-2-1-3-6-12/h1-8H,10-11H2,(H,19,20). The summed E-state index contributed by atoms with van der Waals surface area (Å²) in [6.45, 7) is 0.269. The van der Waals surface area contributed by atoms with Crippen molar-refractivity contribution in [3.05, 3.63) is 64.7 Å². The van der Waals surface area contributed by atoms with Crippen molar-refractivity contribution in [1.29, 1.82) is 5.26 Å². The Kier molecular flexibility index (Phi) is 5.19. The van der Waals surface area contributed by atoms with Crippen LogP contribution in [-0.2, 0) is 11.3 Å². The maximum absolute atomic E-state index is 11.7. The minimum absolute atomic E-state index is 0.165. The monoisotopic (exact) mass is 300 g/mol. The predicted octanol–water partition coefficient (Wildman–Crippen LogP) is 2.91. The smallest absolute Gasteiger partial charge is 0.258 e. The number of amides is 1. The Morgan fingerprint density at radius 3 is 2.67 bits per heavy atom. The van der Waals surface area contributed by atoms with Crippen LogP contribution >= 0.6 is 11.6 Å². The molecule has 0 fully saturated rings. The van der Waals surface area contributed by atoms with Gasteiger partial charge in [-0.05, 0) is 17.7 Å². The van der Waals surface area contributed by atoms with Crippen LogP contribution in [0.2, 0.25) is 5.02 Å². The Labute approximate surface area is 127 Å². The van der Waals surface area contributed by atoms with Gasteiger partial charge in [0.05, 0.1) is 5.02 Å². The second-order valence-corrected chi connectivity index (χ2v) is 4.68. The fourth-order valence-electron chi connectivity index (χ4n) is 1.72. The maximum atomic E-state index is 11.7. The zero-order valence-corrected chi connectivity index (χ0v) is 11.9. The molecule has 0 aromatic heterocycles. The van der Waals surface area contributed by atoms with Gasteiger partial charge in [-0.2, -0.15) is 5.26 Å². The number of nitrogens with one attached hydrogen (secondary N) is 1. The highest BCUT2D eigenvalue weighted by molar-refractivity contribution is 6.31. The lowest BCUT2D eigenvalue weighted by Gasteiger charge is -2.09. The van der Waals surface area contributed by atoms with Gasteiger partial charge in [0, 0.05) is 6.54 Å². The summed E-state index contributed by atoms with van der Waals surface area (Å²) >= 11 is 5.88. The molecule has 1 N–H and O–H groups in total. The van der Waals surface area contributed by atoms with E-state index in [9.17, 15) is 4.79 Å². The first-order valence-corrected chi connectivity index (χ1v) is 6.70. The van der Waals surface area contributed by atoms with Crippen LogP contribution in [0.25, 0.3) is 0 Å². The highest BCUT2D eigenvalue weighted by Gasteiger charge is 2.09. The van der Waals surface area contributed by atoms with Crippen molar-refractivity contribution >= 4 is 17.5 Å². The number of hydrogen-bond donors (Lipinski definition) is 1. The van der Waals surface area contributed by atoms with E-state index in [-0.39, 0.29) is 18.1 Å². The van der Waals surface area contributed by atoms with Gasteiger partial charge >= 0.3 is 0 Å². The van der Waals surface area contributed by atoms with Crippen LogP contribution in [0.15, 0.2) is 48.5 Å². The number of carbonyl (C=O) groups is 1. The number of halogens is 1. The van der Waals surface area contributed by atoms with Gasteiger partial charge in [-0.1, -0.05) is 48.0 Å². The normalized spacial score (nSPS) is 9.71. The summed E-state index contributed by atoms with van der Waals surface area (Å²) in [5.74, 6) is 0.0441. The fourth-order valence-corrected chi connectivity index (χ4v) is 1.93. The molecule has 0 atom stereocenters. The zero-order chi connectivity index (χ0) is 15.1. The Morgan fingerprint density at radius 2 is 1.95 bits per heavy atom. The molecule has 0 aliphatic heterocycles. The average molecular weight is 301 g/mol. The number of benzene rings is 2. The summed E-state index contributed by atoms with van der Waals surface area (Å²) in [4.78, 5) is 11.7. The second-order valence-electron chi connectivity index (χ2n) is 4.28. The lowest BCUT2D eigenvalue weighted by molar-refractivity contribution is -0.123. The molecule has 0 aliphatic carbocycles. The maximum Gasteiger partial charge on any atom is 0.258 e. The van der Waals surface area contributed by atoms with E-state index in [1.807, 2.05) is 36.4 Å². The molecular formula is C16H13ClN2O2. The van der Waals surface area contributed by atoms with Crippen LogP contribution in [0.3, 0.4) is 0 Å². The zero-order valence-electron chi connectivity index (χ0n) is 11.2. The van der Waals surface area contributed by atoms with E-state index < -0.39 is 0 Å². The molecule has 1 amide bonds. The number of nitrogens with zero attached hydrogens (tertiary/aromatic N) is 1. The second kappa shape index (κ2) is 7.32. The summed E-state index contributed by atoms with van der Waals surface area (Å²) in [5, 5.41) is 12.0. The van der Waals surface area contributed by atoms with Crippen molar-refractivity contribution in [1.82, 2.24) is 5.32 Å². The van der Waals surface area contributed by atoms with Crippen molar-refractivity contribution in [3.8, 4) is 11.8 Å². The summed E-state index contributed by atoms with van der Waals surface area (Å²) < 4.78 is 5.34. The predicted molar refractivity (Wildman–Crippen MR) is 80.0 cm³/mol. The molecular weight excluding hydrogens is 288 g/mol. The molecule has 5 heteroatoms. The number of carbonyl (C=O) groups excluding carboxylic acids is 1. The third kappa shape index (κ3) is 4.23. The molecule has 0 heterocycles. The van der Waals surface area contributed by atoms with Crippen molar-refractivity contribution in [3.63, 3.8) is 0 Å². The Morgan fingerprint density at radius 1 is 1.19 bits per heavy atom. The third-order valence-electron chi connectivity index (χ3n) is 2.78. The molecule has 0 aliphatic rings. The minimum Gasteiger partial charge on any atom is -0.482 e. The quantitative estimate of drug-likeness (QED) is 0.923. The summed E-state index contributed by atoms with van der Waals surface area (Å²) in [5.41, 5.74) is 1.24. The van der Waals surface area contributed by atoms with Crippen molar-refractivity contribution in [2.45, 2.75) is 6.54 Å². The molecule has 0 saturated carbocycles. The van der Waals surface area contributed by atoms with E-state index in [1.165, 1.54) is 0 Å². The molecule has 0 saturated heterocycles. The van der Waals surface area contributed by atoms with Crippen molar-refractivity contribution < 1.29 is 9.53 Å². The number of hydrogen-bond acceptors (Lipinski definition) is 3. The summed E-state index contributed by atoms with van der Waals surface area (Å²) in [7, 11) is 0. The molecule has 2 rings (SSSR count). The Bertz CT molecular complexity index is 666. The van der Waals surface area contributed by atoms with E-state index >= 15 is 0 Å². The third-order valence-corrected chi connectivity index (χ3v) is 3.09. The van der Waals surface area contributed by atoms with Gasteiger partial charge in [-0.3, -0.25) is 4.79 Å². The van der Waals surface area contributed by atoms with E-state index in [1.54, 1.807) is 18.2 Å². The van der Waals surface area contributed by atoms with Crippen LogP contribution in [0, 0.1) is 11.3 Å². The highest BCUT2D eigenvalue weighted by Crippen LogP contribution is 2.25. The van der Waals surface area contributed by atoms with Crippen molar-refractivity contribution in [2.75, 3.05) is 6.61 Å². The Balaban J connectivity index is 1.87. The molecule has 4 nitrogen and oxygen atoms in total. The van der Waals surface area contributed by atoms with Gasteiger partial charge in [0.1, 0.15) is 17.4 Å². The van der Waals surface area contributed by atoms with E-state index in [4.69, 9.17) is 21.6 Å². The Hall–Kier alpha value is -2.51. The summed E-state index contributed by atoms with van der Waals surface area (Å²) in [6.07, 6.45) is 0. The van der Waals surface area contributed by atoms with Crippen LogP contribution < -0.4 is 10.1 Å². The highest BCUT2D eigenvalue weighted by atomic mass is 35.5. The molecule has 0 bridgehead atoms. The first-order chi connectivity index (χ1) is 10.2. The van der Waals surface area contributed by atoms with E-state index in [2.05, 4.69) is 5.32 Å². The van der Waals surface area contributed by atoms with E-state index in [0.717, 1.165) is 5.56 Å². The molecule has 0 spiro atoms. The van der Waals surface area contributed by atoms with Gasteiger partial charge in [-0.25, -0.2) is 0 Å². The van der Waals surface area contributed by atoms with Gasteiger partial charge in [0.15, 0.2) is 6.61 Å². The fraction of sp³-hybridized carbons (Fsp3) is 0.125. The largest absolute Gasteiger partial charge is 0.482 e. The van der Waals surface area contributed by atoms with Gasteiger partial charge < -0.3 is 10.1 Å². The van der Waals surface area contributed by atoms with Crippen molar-refractivity contribution in [2.24, 2.45) is 0 Å². The molecule has 0 radical (unpaired) electrons. The first-order valence-electron chi connectivity index (χ1n) is 6.32. The van der Waals surface area contributed by atoms with Crippen LogP contribution in [-0.4, -0.2) is 12.5 Å². The SMILES string of the molecule is N#Cc1c(Cl)cccc1OCC(=O)NCc1ccccc1. The van der Waals surface area contributed by atoms with Crippen LogP contribution in [0.5, 0.6) is 5.75 Å². The summed E-state index contributed by atoms with van der Waals surface area (Å²) in [6, 6.07) is 16.4. The van der Waals surface area contributed by atoms with Gasteiger partial charge in [0.25, 0.3) is 5.91 Å². The topological polar surface area (TPSA) is 62.1 Å². The van der Waals surface area contributed by atoms with E-state index in [0.29, 0.717) is 17.3 Å². The van der Waals surface area contributed by atoms with Crippen LogP contribution in [0.4, 0.5) is 0 Å². The lowest BCUT2D eigenvalue weighted by atomic mass is 10.2. The average Bonchev–Trinajstić information content (AvgIpc) is 2.52. The number of rotatable bonds is 5.